The van der Waals surface area contributed by atoms with Crippen molar-refractivity contribution < 1.29 is 23.9 Å². The van der Waals surface area contributed by atoms with Gasteiger partial charge in [-0.15, -0.1) is 0 Å². The van der Waals surface area contributed by atoms with Crippen molar-refractivity contribution >= 4 is 58.4 Å². The molecule has 0 saturated heterocycles. The second-order valence-corrected chi connectivity index (χ2v) is 17.1. The molecule has 0 aromatic carbocycles. The molecule has 0 heterocycles. The monoisotopic (exact) mass is 636 g/mol. The van der Waals surface area contributed by atoms with Gasteiger partial charge >= 0.3 is 6.09 Å². The van der Waals surface area contributed by atoms with E-state index in [2.05, 4.69) is 44.8 Å². The minimum Gasteiger partial charge on any atom is -0.442 e. The van der Waals surface area contributed by atoms with E-state index >= 15 is 0 Å². The van der Waals surface area contributed by atoms with Crippen LogP contribution in [0.1, 0.15) is 86.5 Å². The Bertz CT molecular complexity index is 1370. The van der Waals surface area contributed by atoms with Gasteiger partial charge in [-0.1, -0.05) is 88.0 Å². The predicted molar refractivity (Wildman–Crippen MR) is 160 cm³/mol. The van der Waals surface area contributed by atoms with Crippen LogP contribution in [-0.2, 0) is 19.1 Å². The number of alkyl carbamates (subject to hydrolysis) is 1. The molecule has 5 rings (SSSR count). The van der Waals surface area contributed by atoms with Crippen LogP contribution >= 0.6 is 34.8 Å². The number of Topliss-reactive ketones (excluding diaryl/α,β-unsaturated/α-hetero) is 1. The normalized spacial score (nSPS) is 42.4. The number of nitrogens with zero attached hydrogens (tertiary/aromatic N) is 1. The van der Waals surface area contributed by atoms with E-state index in [1.165, 1.54) is 0 Å². The number of ether oxygens (including phenoxy) is 1. The highest BCUT2D eigenvalue weighted by molar-refractivity contribution is 6.76. The minimum absolute atomic E-state index is 0.00214. The van der Waals surface area contributed by atoms with Gasteiger partial charge in [0, 0.05) is 23.2 Å². The highest BCUT2D eigenvalue weighted by Crippen LogP contribution is 2.72. The van der Waals surface area contributed by atoms with Crippen molar-refractivity contribution in [3.8, 4) is 0 Å². The first kappa shape index (κ1) is 31.5. The van der Waals surface area contributed by atoms with Gasteiger partial charge in [-0.2, -0.15) is 0 Å². The molecule has 42 heavy (non-hydrogen) atoms. The molecular formula is C32H39Cl3N2O5. The molecule has 0 bridgehead atoms. The van der Waals surface area contributed by atoms with Gasteiger partial charge in [0.25, 0.3) is 9.70 Å². The largest absolute Gasteiger partial charge is 0.442 e. The highest BCUT2D eigenvalue weighted by atomic mass is 35.6. The summed E-state index contributed by atoms with van der Waals surface area (Å²) in [4.78, 5) is 56.2. The lowest BCUT2D eigenvalue weighted by atomic mass is 9.36. The number of alkyl halides is 3. The van der Waals surface area contributed by atoms with Gasteiger partial charge in [-0.25, -0.2) is 9.64 Å². The van der Waals surface area contributed by atoms with Crippen LogP contribution in [0.25, 0.3) is 4.85 Å². The molecule has 3 saturated carbocycles. The number of imide groups is 1. The predicted octanol–water partition coefficient (Wildman–Crippen LogP) is 7.54. The third-order valence-electron chi connectivity index (χ3n) is 12.2. The zero-order valence-electron chi connectivity index (χ0n) is 25.0. The average Bonchev–Trinajstić information content (AvgIpc) is 2.87. The van der Waals surface area contributed by atoms with Gasteiger partial charge < -0.3 is 9.53 Å². The number of hydrogen-bond acceptors (Lipinski definition) is 5. The summed E-state index contributed by atoms with van der Waals surface area (Å²) in [6.45, 7) is 20.5. The Morgan fingerprint density at radius 2 is 1.67 bits per heavy atom. The van der Waals surface area contributed by atoms with Crippen LogP contribution < -0.4 is 5.32 Å². The summed E-state index contributed by atoms with van der Waals surface area (Å²) in [5.41, 5.74) is -1.26. The van der Waals surface area contributed by atoms with E-state index in [1.807, 2.05) is 19.1 Å². The van der Waals surface area contributed by atoms with Crippen molar-refractivity contribution in [1.82, 2.24) is 5.32 Å². The summed E-state index contributed by atoms with van der Waals surface area (Å²) in [5, 5.41) is 2.06. The lowest BCUT2D eigenvalue weighted by molar-refractivity contribution is -0.194. The first-order valence-corrected chi connectivity index (χ1v) is 15.9. The number of halogens is 3. The van der Waals surface area contributed by atoms with Crippen LogP contribution in [-0.4, -0.2) is 33.0 Å². The fourth-order valence-electron chi connectivity index (χ4n) is 9.73. The maximum Gasteiger partial charge on any atom is 0.414 e. The number of rotatable bonds is 1. The molecule has 228 valence electrons. The number of hydrogen-bond donors (Lipinski definition) is 1. The summed E-state index contributed by atoms with van der Waals surface area (Å²) in [6.07, 6.45) is 7.49. The van der Waals surface area contributed by atoms with Crippen molar-refractivity contribution in [1.29, 1.82) is 0 Å². The summed E-state index contributed by atoms with van der Waals surface area (Å²) < 4.78 is 3.80. The number of carbonyl (C=O) groups is 4. The Morgan fingerprint density at radius 3 is 2.29 bits per heavy atom. The standard InChI is InChI=1S/C32H39Cl3N2O5/c1-17-18-8-9-29(5)22(28(18,4)16-20(36-7)24(17)39)14-21(38)23-19-15-27(2,3)10-12-31(19,13-11-30(23,29)6)42-26(41)37-25(40)32(33,34)35/h14,16-19,23H,8-13,15H2,1-6H3,(H,37,40,41)/t17-,18-,19-,23-,28-,29+,30+,31-/m0/s1. The SMILES string of the molecule is [C-]#[N+]C1=C[C@]2(C)C3=CC(=O)[C@@H]4[C@@H]5CC(C)(C)CC[C@]5(OC(=O)NC(=O)C(Cl)(Cl)Cl)CC[C@@]4(C)[C@]3(C)CC[C@H]2[C@H](C)C1=O. The molecule has 1 N–H and O–H groups in total. The van der Waals surface area contributed by atoms with Crippen LogP contribution in [0.5, 0.6) is 0 Å². The quantitative estimate of drug-likeness (QED) is 0.237. The molecule has 0 aromatic rings. The number of amides is 2. The maximum atomic E-state index is 14.5. The number of nitrogens with one attached hydrogen (secondary N) is 1. The third kappa shape index (κ3) is 4.49. The van der Waals surface area contributed by atoms with Crippen LogP contribution in [0.3, 0.4) is 0 Å². The van der Waals surface area contributed by atoms with Crippen molar-refractivity contribution in [2.24, 2.45) is 45.3 Å². The van der Waals surface area contributed by atoms with Crippen molar-refractivity contribution in [2.45, 2.75) is 95.9 Å². The molecule has 5 aliphatic carbocycles. The number of carbonyl (C=O) groups excluding carboxylic acids is 4. The molecule has 0 spiro atoms. The first-order chi connectivity index (χ1) is 19.2. The molecule has 7 nitrogen and oxygen atoms in total. The van der Waals surface area contributed by atoms with E-state index in [0.29, 0.717) is 25.7 Å². The van der Waals surface area contributed by atoms with Crippen LogP contribution in [0.15, 0.2) is 23.4 Å². The van der Waals surface area contributed by atoms with E-state index < -0.39 is 38.1 Å². The van der Waals surface area contributed by atoms with Gasteiger partial charge in [0.05, 0.1) is 6.57 Å². The van der Waals surface area contributed by atoms with Crippen LogP contribution in [0.2, 0.25) is 0 Å². The van der Waals surface area contributed by atoms with Crippen molar-refractivity contribution in [2.75, 3.05) is 0 Å². The summed E-state index contributed by atoms with van der Waals surface area (Å²) >= 11 is 17.0. The fourth-order valence-corrected chi connectivity index (χ4v) is 9.87. The zero-order chi connectivity index (χ0) is 31.3. The second-order valence-electron chi connectivity index (χ2n) is 14.8. The Labute approximate surface area is 262 Å². The minimum atomic E-state index is -2.32. The van der Waals surface area contributed by atoms with Crippen LogP contribution in [0.4, 0.5) is 4.79 Å². The maximum absolute atomic E-state index is 14.5. The molecule has 2 amide bonds. The van der Waals surface area contributed by atoms with E-state index in [9.17, 15) is 19.2 Å². The average molecular weight is 638 g/mol. The molecule has 8 atom stereocenters. The van der Waals surface area contributed by atoms with Gasteiger partial charge in [0.2, 0.25) is 5.70 Å². The van der Waals surface area contributed by atoms with Gasteiger partial charge in [0.15, 0.2) is 11.6 Å². The van der Waals surface area contributed by atoms with Crippen molar-refractivity contribution in [3.63, 3.8) is 0 Å². The third-order valence-corrected chi connectivity index (χ3v) is 12.7. The number of fused-ring (bicyclic) bond motifs is 7. The number of allylic oxidation sites excluding steroid dienone is 4. The molecule has 3 fully saturated rings. The highest BCUT2D eigenvalue weighted by Gasteiger charge is 2.69. The lowest BCUT2D eigenvalue weighted by Gasteiger charge is -2.68. The van der Waals surface area contributed by atoms with E-state index in [-0.39, 0.29) is 45.8 Å². The van der Waals surface area contributed by atoms with Gasteiger partial charge in [-0.3, -0.25) is 14.9 Å². The molecule has 0 aromatic heterocycles. The first-order valence-electron chi connectivity index (χ1n) is 14.8. The summed E-state index contributed by atoms with van der Waals surface area (Å²) in [5.74, 6) is -2.17. The fraction of sp³-hybridized carbons (Fsp3) is 0.719. The Hall–Kier alpha value is -1.88. The smallest absolute Gasteiger partial charge is 0.414 e. The molecule has 0 unspecified atom stereocenters. The number of ketones is 2. The van der Waals surface area contributed by atoms with Crippen LogP contribution in [0, 0.1) is 51.9 Å². The molecule has 10 heteroatoms. The molecule has 0 radical (unpaired) electrons. The second kappa shape index (κ2) is 9.81. The van der Waals surface area contributed by atoms with E-state index in [4.69, 9.17) is 46.1 Å². The lowest BCUT2D eigenvalue weighted by Crippen LogP contribution is -2.66. The molecule has 0 aliphatic heterocycles. The zero-order valence-corrected chi connectivity index (χ0v) is 27.3. The summed E-state index contributed by atoms with van der Waals surface area (Å²) in [6, 6.07) is 0. The van der Waals surface area contributed by atoms with E-state index in [0.717, 1.165) is 24.8 Å². The topological polar surface area (TPSA) is 93.9 Å². The van der Waals surface area contributed by atoms with Gasteiger partial charge in [-0.05, 0) is 73.2 Å². The Morgan fingerprint density at radius 1 is 1.02 bits per heavy atom. The molecule has 5 aliphatic rings. The molecular weight excluding hydrogens is 599 g/mol. The Balaban J connectivity index is 1.59. The Kier molecular flexibility index (Phi) is 7.37. The van der Waals surface area contributed by atoms with E-state index in [1.54, 1.807) is 0 Å². The van der Waals surface area contributed by atoms with Crippen molar-refractivity contribution in [3.05, 3.63) is 34.8 Å². The van der Waals surface area contributed by atoms with Gasteiger partial charge in [0.1, 0.15) is 5.60 Å². The summed E-state index contributed by atoms with van der Waals surface area (Å²) in [7, 11) is 0.